The van der Waals surface area contributed by atoms with Gasteiger partial charge in [-0.1, -0.05) is 78.3 Å². The molecule has 1 atom stereocenters. The molecule has 1 fully saturated rings. The molecule has 218 valence electrons. The highest BCUT2D eigenvalue weighted by atomic mass is 35.5. The summed E-state index contributed by atoms with van der Waals surface area (Å²) in [4.78, 5) is 16.1. The Morgan fingerprint density at radius 3 is 2.60 bits per heavy atom. The van der Waals surface area contributed by atoms with Gasteiger partial charge in [0.15, 0.2) is 0 Å². The van der Waals surface area contributed by atoms with Gasteiger partial charge in [-0.05, 0) is 104 Å². The highest BCUT2D eigenvalue weighted by molar-refractivity contribution is 7.99. The van der Waals surface area contributed by atoms with Crippen LogP contribution in [0.4, 0.5) is 0 Å². The average molecular weight is 600 g/mol. The SMILES string of the molecule is CC(C)(O)c1ccccc1CC[C@@H](SCCC1(CC(=O)O)CC1)c1cccc(/C=C/c2ccc3ccc(Cl)cc3n2)c1. The zero-order valence-corrected chi connectivity index (χ0v) is 25.8. The van der Waals surface area contributed by atoms with Crippen LogP contribution in [0.1, 0.15) is 79.1 Å². The fourth-order valence-corrected chi connectivity index (χ4v) is 7.27. The number of thioether (sulfide) groups is 1. The maximum atomic E-state index is 11.4. The van der Waals surface area contributed by atoms with Gasteiger partial charge in [-0.15, -0.1) is 0 Å². The number of hydrogen-bond donors (Lipinski definition) is 2. The maximum absolute atomic E-state index is 11.4. The molecule has 1 aliphatic rings. The molecule has 1 heterocycles. The predicted octanol–water partition coefficient (Wildman–Crippen LogP) is 9.34. The Morgan fingerprint density at radius 2 is 1.83 bits per heavy atom. The van der Waals surface area contributed by atoms with Gasteiger partial charge in [-0.25, -0.2) is 4.98 Å². The summed E-state index contributed by atoms with van der Waals surface area (Å²) in [6, 6.07) is 26.6. The van der Waals surface area contributed by atoms with Crippen LogP contribution in [0.3, 0.4) is 0 Å². The van der Waals surface area contributed by atoms with Gasteiger partial charge in [0.2, 0.25) is 0 Å². The summed E-state index contributed by atoms with van der Waals surface area (Å²) in [6.07, 6.45) is 9.12. The van der Waals surface area contributed by atoms with Gasteiger partial charge in [0.05, 0.1) is 23.2 Å². The fraction of sp³-hybridized carbons (Fsp3) is 0.333. The van der Waals surface area contributed by atoms with Crippen molar-refractivity contribution in [1.29, 1.82) is 0 Å². The van der Waals surface area contributed by atoms with Gasteiger partial charge < -0.3 is 10.2 Å². The number of aliphatic hydroxyl groups is 1. The molecular weight excluding hydrogens is 562 g/mol. The van der Waals surface area contributed by atoms with Crippen LogP contribution in [0.5, 0.6) is 0 Å². The summed E-state index contributed by atoms with van der Waals surface area (Å²) in [5.41, 5.74) is 5.32. The average Bonchev–Trinajstić information content (AvgIpc) is 3.71. The summed E-state index contributed by atoms with van der Waals surface area (Å²) in [6.45, 7) is 3.68. The summed E-state index contributed by atoms with van der Waals surface area (Å²) in [5, 5.41) is 22.1. The van der Waals surface area contributed by atoms with E-state index in [1.165, 1.54) is 11.1 Å². The number of aromatic nitrogens is 1. The van der Waals surface area contributed by atoms with Crippen LogP contribution < -0.4 is 0 Å². The van der Waals surface area contributed by atoms with Crippen molar-refractivity contribution in [2.75, 3.05) is 5.75 Å². The summed E-state index contributed by atoms with van der Waals surface area (Å²) >= 11 is 8.10. The van der Waals surface area contributed by atoms with Gasteiger partial charge in [0, 0.05) is 15.7 Å². The number of aryl methyl sites for hydroxylation is 1. The molecule has 1 aromatic heterocycles. The van der Waals surface area contributed by atoms with E-state index in [4.69, 9.17) is 16.6 Å². The molecule has 0 bridgehead atoms. The van der Waals surface area contributed by atoms with Gasteiger partial charge in [0.25, 0.3) is 0 Å². The minimum atomic E-state index is -0.902. The highest BCUT2D eigenvalue weighted by Gasteiger charge is 2.43. The Balaban J connectivity index is 1.34. The zero-order valence-electron chi connectivity index (χ0n) is 24.2. The molecule has 2 N–H and O–H groups in total. The first-order valence-electron chi connectivity index (χ1n) is 14.6. The van der Waals surface area contributed by atoms with E-state index < -0.39 is 11.6 Å². The first-order valence-corrected chi connectivity index (χ1v) is 16.0. The molecule has 0 radical (unpaired) electrons. The van der Waals surface area contributed by atoms with E-state index in [9.17, 15) is 15.0 Å². The lowest BCUT2D eigenvalue weighted by Gasteiger charge is -2.24. The van der Waals surface area contributed by atoms with Crippen LogP contribution in [-0.4, -0.2) is 26.9 Å². The topological polar surface area (TPSA) is 70.4 Å². The second kappa shape index (κ2) is 13.0. The standard InChI is InChI=1S/C36H38ClNO3S/c1-35(2,41)31-9-4-3-7-26(31)13-17-33(42-21-20-36(18-19-36)24-34(39)40)28-8-5-6-25(22-28)10-15-30-16-12-27-11-14-29(37)23-32(27)38-30/h3-12,14-16,22-23,33,41H,13,17-21,24H2,1-2H3,(H,39,40)/b15-10+/t33-/m1/s1. The maximum Gasteiger partial charge on any atom is 0.303 e. The first-order chi connectivity index (χ1) is 20.1. The summed E-state index contributed by atoms with van der Waals surface area (Å²) in [5.74, 6) is 0.232. The van der Waals surface area contributed by atoms with Crippen molar-refractivity contribution in [3.63, 3.8) is 0 Å². The largest absolute Gasteiger partial charge is 0.481 e. The van der Waals surface area contributed by atoms with Gasteiger partial charge in [-0.2, -0.15) is 11.8 Å². The van der Waals surface area contributed by atoms with E-state index in [2.05, 4.69) is 42.5 Å². The molecule has 1 saturated carbocycles. The zero-order chi connectivity index (χ0) is 29.7. The molecule has 1 aliphatic carbocycles. The van der Waals surface area contributed by atoms with Crippen molar-refractivity contribution in [3.05, 3.63) is 112 Å². The van der Waals surface area contributed by atoms with Crippen molar-refractivity contribution in [2.45, 2.75) is 63.2 Å². The molecular formula is C36H38ClNO3S. The third kappa shape index (κ3) is 8.03. The summed E-state index contributed by atoms with van der Waals surface area (Å²) in [7, 11) is 0. The number of benzene rings is 3. The van der Waals surface area contributed by atoms with Crippen LogP contribution in [0.15, 0.2) is 78.9 Å². The Labute approximate surface area is 257 Å². The van der Waals surface area contributed by atoms with Crippen molar-refractivity contribution in [2.24, 2.45) is 5.41 Å². The molecule has 4 nitrogen and oxygen atoms in total. The van der Waals surface area contributed by atoms with E-state index in [1.807, 2.05) is 74.1 Å². The normalized spacial score (nSPS) is 15.2. The number of carboxylic acid groups (broad SMARTS) is 1. The second-order valence-corrected chi connectivity index (χ2v) is 13.8. The van der Waals surface area contributed by atoms with Crippen LogP contribution >= 0.6 is 23.4 Å². The molecule has 0 aliphatic heterocycles. The highest BCUT2D eigenvalue weighted by Crippen LogP contribution is 2.53. The van der Waals surface area contributed by atoms with E-state index in [0.717, 1.165) is 65.6 Å². The molecule has 3 aromatic carbocycles. The van der Waals surface area contributed by atoms with E-state index in [1.54, 1.807) is 0 Å². The minimum absolute atomic E-state index is 0.0153. The Hall–Kier alpha value is -3.12. The van der Waals surface area contributed by atoms with Gasteiger partial charge in [-0.3, -0.25) is 4.79 Å². The number of aliphatic carboxylic acids is 1. The first kappa shape index (κ1) is 30.3. The summed E-state index contributed by atoms with van der Waals surface area (Å²) < 4.78 is 0. The Morgan fingerprint density at radius 1 is 1.05 bits per heavy atom. The van der Waals surface area contributed by atoms with Crippen molar-refractivity contribution in [3.8, 4) is 0 Å². The minimum Gasteiger partial charge on any atom is -0.481 e. The molecule has 0 unspecified atom stereocenters. The second-order valence-electron chi connectivity index (χ2n) is 12.0. The molecule has 42 heavy (non-hydrogen) atoms. The predicted molar refractivity (Wildman–Crippen MR) is 176 cm³/mol. The molecule has 4 aromatic rings. The van der Waals surface area contributed by atoms with Crippen LogP contribution in [0.25, 0.3) is 23.1 Å². The van der Waals surface area contributed by atoms with Gasteiger partial charge in [0.1, 0.15) is 0 Å². The van der Waals surface area contributed by atoms with Crippen molar-refractivity contribution in [1.82, 2.24) is 4.98 Å². The fourth-order valence-electron chi connectivity index (χ4n) is 5.64. The van der Waals surface area contributed by atoms with Crippen LogP contribution in [0, 0.1) is 5.41 Å². The van der Waals surface area contributed by atoms with E-state index >= 15 is 0 Å². The van der Waals surface area contributed by atoms with Crippen LogP contribution in [0.2, 0.25) is 5.02 Å². The Kier molecular flexibility index (Phi) is 9.41. The van der Waals surface area contributed by atoms with Gasteiger partial charge >= 0.3 is 5.97 Å². The third-order valence-electron chi connectivity index (χ3n) is 8.19. The molecule has 0 saturated heterocycles. The number of pyridine rings is 1. The van der Waals surface area contributed by atoms with E-state index in [0.29, 0.717) is 5.02 Å². The molecule has 0 spiro atoms. The van der Waals surface area contributed by atoms with E-state index in [-0.39, 0.29) is 17.1 Å². The van der Waals surface area contributed by atoms with Crippen molar-refractivity contribution < 1.29 is 15.0 Å². The number of carboxylic acids is 1. The molecule has 5 rings (SSSR count). The smallest absolute Gasteiger partial charge is 0.303 e. The number of nitrogens with zero attached hydrogens (tertiary/aromatic N) is 1. The molecule has 6 heteroatoms. The number of halogens is 1. The third-order valence-corrected chi connectivity index (χ3v) is 9.78. The number of fused-ring (bicyclic) bond motifs is 1. The Bertz CT molecular complexity index is 1590. The number of carbonyl (C=O) groups is 1. The quantitative estimate of drug-likeness (QED) is 0.160. The lowest BCUT2D eigenvalue weighted by atomic mass is 9.90. The molecule has 0 amide bonds. The van der Waals surface area contributed by atoms with Crippen molar-refractivity contribution >= 4 is 52.4 Å². The number of rotatable bonds is 13. The lowest BCUT2D eigenvalue weighted by molar-refractivity contribution is -0.138. The van der Waals surface area contributed by atoms with Crippen LogP contribution in [-0.2, 0) is 16.8 Å². The number of hydrogen-bond acceptors (Lipinski definition) is 4. The lowest BCUT2D eigenvalue weighted by Crippen LogP contribution is -2.18. The monoisotopic (exact) mass is 599 g/mol.